The van der Waals surface area contributed by atoms with Crippen molar-refractivity contribution in [3.8, 4) is 11.5 Å². The standard InChI is InChI=1S/C16H19BrN2O4/c1-4-6-19-15(20)12(18-16(19)21)8-10-7-11(17)14(23-5-2)13(9-10)22-3/h7-9H,4-6H2,1-3H3,(H,18,21)/b12-8+. The number of amides is 3. The molecule has 7 heteroatoms. The second kappa shape index (κ2) is 7.50. The summed E-state index contributed by atoms with van der Waals surface area (Å²) < 4.78 is 11.6. The second-order valence-corrected chi connectivity index (χ2v) is 5.77. The molecule has 0 unspecified atom stereocenters. The van der Waals surface area contributed by atoms with Gasteiger partial charge in [0, 0.05) is 6.54 Å². The lowest BCUT2D eigenvalue weighted by molar-refractivity contribution is -0.122. The summed E-state index contributed by atoms with van der Waals surface area (Å²) in [5, 5.41) is 2.59. The number of urea groups is 1. The van der Waals surface area contributed by atoms with Gasteiger partial charge in [0.1, 0.15) is 5.70 Å². The summed E-state index contributed by atoms with van der Waals surface area (Å²) in [6.45, 7) is 4.71. The monoisotopic (exact) mass is 382 g/mol. The Balaban J connectivity index is 2.34. The molecule has 23 heavy (non-hydrogen) atoms. The second-order valence-electron chi connectivity index (χ2n) is 4.91. The number of nitrogens with zero attached hydrogens (tertiary/aromatic N) is 1. The van der Waals surface area contributed by atoms with E-state index in [-0.39, 0.29) is 17.6 Å². The molecule has 1 saturated heterocycles. The largest absolute Gasteiger partial charge is 0.493 e. The van der Waals surface area contributed by atoms with Gasteiger partial charge in [-0.15, -0.1) is 0 Å². The first-order valence-corrected chi connectivity index (χ1v) is 8.16. The van der Waals surface area contributed by atoms with E-state index in [0.29, 0.717) is 29.1 Å². The van der Waals surface area contributed by atoms with Gasteiger partial charge in [-0.3, -0.25) is 9.69 Å². The lowest BCUT2D eigenvalue weighted by Gasteiger charge is -2.12. The fourth-order valence-electron chi connectivity index (χ4n) is 2.27. The molecular formula is C16H19BrN2O4. The van der Waals surface area contributed by atoms with E-state index in [4.69, 9.17) is 9.47 Å². The molecule has 0 spiro atoms. The average molecular weight is 383 g/mol. The van der Waals surface area contributed by atoms with Crippen LogP contribution in [0.3, 0.4) is 0 Å². The van der Waals surface area contributed by atoms with Gasteiger partial charge in [-0.05, 0) is 53.0 Å². The molecule has 0 radical (unpaired) electrons. The van der Waals surface area contributed by atoms with Gasteiger partial charge < -0.3 is 14.8 Å². The van der Waals surface area contributed by atoms with Crippen LogP contribution in [0.1, 0.15) is 25.8 Å². The molecule has 1 aromatic rings. The summed E-state index contributed by atoms with van der Waals surface area (Å²) in [5.74, 6) is 0.836. The van der Waals surface area contributed by atoms with Gasteiger partial charge in [0.25, 0.3) is 5.91 Å². The van der Waals surface area contributed by atoms with Crippen molar-refractivity contribution < 1.29 is 19.1 Å². The number of ether oxygens (including phenoxy) is 2. The van der Waals surface area contributed by atoms with Crippen LogP contribution in [-0.2, 0) is 4.79 Å². The van der Waals surface area contributed by atoms with Crippen LogP contribution in [0.25, 0.3) is 6.08 Å². The number of methoxy groups -OCH3 is 1. The SMILES string of the molecule is CCCN1C(=O)N/C(=C/c2cc(Br)c(OCC)c(OC)c2)C1=O. The minimum Gasteiger partial charge on any atom is -0.493 e. The molecule has 6 nitrogen and oxygen atoms in total. The highest BCUT2D eigenvalue weighted by Gasteiger charge is 2.32. The van der Waals surface area contributed by atoms with Crippen molar-refractivity contribution in [1.29, 1.82) is 0 Å². The van der Waals surface area contributed by atoms with E-state index in [1.54, 1.807) is 19.3 Å². The zero-order chi connectivity index (χ0) is 17.0. The van der Waals surface area contributed by atoms with Gasteiger partial charge >= 0.3 is 6.03 Å². The molecule has 2 rings (SSSR count). The molecule has 0 aliphatic carbocycles. The van der Waals surface area contributed by atoms with E-state index >= 15 is 0 Å². The van der Waals surface area contributed by atoms with Crippen LogP contribution in [0.15, 0.2) is 22.3 Å². The number of hydrogen-bond donors (Lipinski definition) is 1. The van der Waals surface area contributed by atoms with E-state index in [9.17, 15) is 9.59 Å². The first-order valence-electron chi connectivity index (χ1n) is 7.36. The minimum atomic E-state index is -0.389. The van der Waals surface area contributed by atoms with E-state index in [1.165, 1.54) is 4.90 Å². The van der Waals surface area contributed by atoms with Crippen molar-refractivity contribution in [2.24, 2.45) is 0 Å². The predicted molar refractivity (Wildman–Crippen MR) is 90.4 cm³/mol. The molecule has 1 aliphatic rings. The Morgan fingerprint density at radius 2 is 2.04 bits per heavy atom. The molecule has 1 N–H and O–H groups in total. The summed E-state index contributed by atoms with van der Waals surface area (Å²) in [5.41, 5.74) is 0.973. The highest BCUT2D eigenvalue weighted by atomic mass is 79.9. The van der Waals surface area contributed by atoms with Crippen molar-refractivity contribution in [1.82, 2.24) is 10.2 Å². The Kier molecular flexibility index (Phi) is 5.65. The van der Waals surface area contributed by atoms with Crippen molar-refractivity contribution in [3.63, 3.8) is 0 Å². The Morgan fingerprint density at radius 1 is 1.30 bits per heavy atom. The topological polar surface area (TPSA) is 67.9 Å². The van der Waals surface area contributed by atoms with Crippen LogP contribution < -0.4 is 14.8 Å². The zero-order valence-electron chi connectivity index (χ0n) is 13.3. The van der Waals surface area contributed by atoms with Crippen LogP contribution in [0, 0.1) is 0 Å². The normalized spacial score (nSPS) is 16.0. The first kappa shape index (κ1) is 17.3. The van der Waals surface area contributed by atoms with Crippen molar-refractivity contribution in [2.75, 3.05) is 20.3 Å². The summed E-state index contributed by atoms with van der Waals surface area (Å²) in [6, 6.07) is 3.17. The predicted octanol–water partition coefficient (Wildman–Crippen LogP) is 3.16. The van der Waals surface area contributed by atoms with Crippen LogP contribution in [-0.4, -0.2) is 37.1 Å². The molecule has 3 amide bonds. The third-order valence-electron chi connectivity index (χ3n) is 3.26. The number of halogens is 1. The number of rotatable bonds is 6. The molecule has 1 aromatic carbocycles. The van der Waals surface area contributed by atoms with Crippen molar-refractivity contribution >= 4 is 33.9 Å². The molecule has 0 atom stereocenters. The van der Waals surface area contributed by atoms with Crippen LogP contribution >= 0.6 is 15.9 Å². The lowest BCUT2D eigenvalue weighted by atomic mass is 10.1. The Labute approximate surface area is 143 Å². The molecule has 124 valence electrons. The van der Waals surface area contributed by atoms with Gasteiger partial charge in [-0.25, -0.2) is 4.79 Å². The third-order valence-corrected chi connectivity index (χ3v) is 3.85. The molecule has 0 aromatic heterocycles. The summed E-state index contributed by atoms with van der Waals surface area (Å²) >= 11 is 3.44. The number of benzene rings is 1. The summed E-state index contributed by atoms with van der Waals surface area (Å²) in [4.78, 5) is 25.2. The molecule has 1 heterocycles. The first-order chi connectivity index (χ1) is 11.0. The summed E-state index contributed by atoms with van der Waals surface area (Å²) in [6.07, 6.45) is 2.34. The van der Waals surface area contributed by atoms with E-state index < -0.39 is 0 Å². The number of carbonyl (C=O) groups excluding carboxylic acids is 2. The fourth-order valence-corrected chi connectivity index (χ4v) is 2.85. The van der Waals surface area contributed by atoms with Gasteiger partial charge in [0.2, 0.25) is 0 Å². The fraction of sp³-hybridized carbons (Fsp3) is 0.375. The number of carbonyl (C=O) groups is 2. The highest BCUT2D eigenvalue weighted by molar-refractivity contribution is 9.10. The van der Waals surface area contributed by atoms with Gasteiger partial charge in [0.15, 0.2) is 11.5 Å². The van der Waals surface area contributed by atoms with E-state index in [0.717, 1.165) is 12.0 Å². The molecule has 0 bridgehead atoms. The molecule has 1 aliphatic heterocycles. The average Bonchev–Trinajstić information content (AvgIpc) is 2.77. The van der Waals surface area contributed by atoms with E-state index in [1.807, 2.05) is 19.9 Å². The van der Waals surface area contributed by atoms with Crippen molar-refractivity contribution in [2.45, 2.75) is 20.3 Å². The zero-order valence-corrected chi connectivity index (χ0v) is 14.9. The maximum absolute atomic E-state index is 12.2. The molecule has 1 fully saturated rings. The lowest BCUT2D eigenvalue weighted by Crippen LogP contribution is -2.31. The number of nitrogens with one attached hydrogen (secondary N) is 1. The smallest absolute Gasteiger partial charge is 0.329 e. The Morgan fingerprint density at radius 3 is 2.65 bits per heavy atom. The minimum absolute atomic E-state index is 0.251. The third kappa shape index (κ3) is 3.67. The van der Waals surface area contributed by atoms with Crippen LogP contribution in [0.2, 0.25) is 0 Å². The number of hydrogen-bond acceptors (Lipinski definition) is 4. The maximum atomic E-state index is 12.2. The molecule has 0 saturated carbocycles. The molecular weight excluding hydrogens is 364 g/mol. The van der Waals surface area contributed by atoms with Crippen LogP contribution in [0.4, 0.5) is 4.79 Å². The summed E-state index contributed by atoms with van der Waals surface area (Å²) in [7, 11) is 1.55. The Hall–Kier alpha value is -2.02. The Bertz CT molecular complexity index is 658. The maximum Gasteiger partial charge on any atom is 0.329 e. The quantitative estimate of drug-likeness (QED) is 0.605. The van der Waals surface area contributed by atoms with E-state index in [2.05, 4.69) is 21.2 Å². The highest BCUT2D eigenvalue weighted by Crippen LogP contribution is 2.37. The van der Waals surface area contributed by atoms with Gasteiger partial charge in [0.05, 0.1) is 18.2 Å². The number of imide groups is 1. The van der Waals surface area contributed by atoms with Crippen LogP contribution in [0.5, 0.6) is 11.5 Å². The van der Waals surface area contributed by atoms with Crippen molar-refractivity contribution in [3.05, 3.63) is 27.9 Å². The van der Waals surface area contributed by atoms with Gasteiger partial charge in [-0.1, -0.05) is 6.92 Å². The van der Waals surface area contributed by atoms with Gasteiger partial charge in [-0.2, -0.15) is 0 Å².